The van der Waals surface area contributed by atoms with E-state index < -0.39 is 5.41 Å². The largest absolute Gasteiger partial charge is 0.501 e. The summed E-state index contributed by atoms with van der Waals surface area (Å²) < 4.78 is 9.20. The number of hydrogen-bond acceptors (Lipinski definition) is 4. The second-order valence-corrected chi connectivity index (χ2v) is 18.1. The molecule has 0 aliphatic carbocycles. The SMILES string of the molecule is CC(C)c1cc(-c2ccccc2)cc(C(C)C)c1-n1c(-c2[c-]ccc3c2oc2cc4c(ccc5ccccc54)cc23)nc2ccccc21.CCC(C#N)(CC)c1ccc(-c2[c-]cccc2)nc1.[Ir]. The van der Waals surface area contributed by atoms with Crippen LogP contribution in [0.25, 0.3) is 94.0 Å². The number of benzene rings is 8. The topological polar surface area (TPSA) is 67.6 Å². The number of para-hydroxylation sites is 2. The van der Waals surface area contributed by atoms with Gasteiger partial charge in [0.15, 0.2) is 0 Å². The number of nitrogens with zero attached hydrogens (tertiary/aromatic N) is 4. The van der Waals surface area contributed by atoms with E-state index in [4.69, 9.17) is 9.40 Å². The summed E-state index contributed by atoms with van der Waals surface area (Å²) in [5.74, 6) is 1.40. The van der Waals surface area contributed by atoms with E-state index in [0.29, 0.717) is 0 Å². The molecule has 68 heavy (non-hydrogen) atoms. The van der Waals surface area contributed by atoms with Gasteiger partial charge in [-0.2, -0.15) is 5.26 Å². The number of furan rings is 1. The van der Waals surface area contributed by atoms with Gasteiger partial charge in [0.2, 0.25) is 0 Å². The van der Waals surface area contributed by atoms with Gasteiger partial charge in [0.05, 0.1) is 33.9 Å². The summed E-state index contributed by atoms with van der Waals surface area (Å²) >= 11 is 0. The maximum Gasteiger partial charge on any atom is 0.121 e. The molecule has 1 radical (unpaired) electrons. The number of rotatable bonds is 9. The fourth-order valence-electron chi connectivity index (χ4n) is 9.71. The van der Waals surface area contributed by atoms with E-state index in [1.807, 2.05) is 62.5 Å². The van der Waals surface area contributed by atoms with Crippen molar-refractivity contribution in [2.45, 2.75) is 71.6 Å². The van der Waals surface area contributed by atoms with E-state index in [9.17, 15) is 5.26 Å². The molecule has 0 N–H and O–H groups in total. The molecule has 0 saturated heterocycles. The van der Waals surface area contributed by atoms with Crippen LogP contribution in [-0.4, -0.2) is 14.5 Å². The maximum atomic E-state index is 9.43. The van der Waals surface area contributed by atoms with Crippen molar-refractivity contribution in [3.05, 3.63) is 199 Å². The molecule has 0 bridgehead atoms. The molecule has 0 spiro atoms. The molecule has 11 rings (SSSR count). The van der Waals surface area contributed by atoms with E-state index in [2.05, 4.69) is 177 Å². The zero-order valence-corrected chi connectivity index (χ0v) is 41.7. The van der Waals surface area contributed by atoms with Crippen LogP contribution in [0.3, 0.4) is 0 Å². The normalized spacial score (nSPS) is 11.6. The van der Waals surface area contributed by atoms with Crippen LogP contribution in [0, 0.1) is 23.5 Å². The Bertz CT molecular complexity index is 3590. The van der Waals surface area contributed by atoms with Crippen molar-refractivity contribution in [2.24, 2.45) is 0 Å². The Kier molecular flexibility index (Phi) is 13.0. The van der Waals surface area contributed by atoms with E-state index >= 15 is 0 Å². The molecule has 0 atom stereocenters. The number of fused-ring (bicyclic) bond motifs is 7. The molecule has 0 unspecified atom stereocenters. The van der Waals surface area contributed by atoms with Crippen LogP contribution in [-0.2, 0) is 25.5 Å². The van der Waals surface area contributed by atoms with Gasteiger partial charge in [0.1, 0.15) is 5.58 Å². The Morgan fingerprint density at radius 1 is 0.647 bits per heavy atom. The Morgan fingerprint density at radius 2 is 1.35 bits per heavy atom. The summed E-state index contributed by atoms with van der Waals surface area (Å²) in [6.45, 7) is 13.2. The van der Waals surface area contributed by atoms with Crippen molar-refractivity contribution in [2.75, 3.05) is 0 Å². The molecule has 3 heterocycles. The second kappa shape index (κ2) is 19.2. The summed E-state index contributed by atoms with van der Waals surface area (Å²) in [6.07, 6.45) is 3.43. The summed E-state index contributed by atoms with van der Waals surface area (Å²) in [5, 5.41) is 16.5. The van der Waals surface area contributed by atoms with Gasteiger partial charge in [-0.3, -0.25) is 4.98 Å². The number of aromatic nitrogens is 3. The fraction of sp³-hybridized carbons (Fsp3) is 0.177. The summed E-state index contributed by atoms with van der Waals surface area (Å²) in [4.78, 5) is 9.81. The second-order valence-electron chi connectivity index (χ2n) is 18.1. The first-order chi connectivity index (χ1) is 32.7. The minimum Gasteiger partial charge on any atom is -0.501 e. The molecular formula is C62H52IrN4O-2. The monoisotopic (exact) mass is 1060 g/mol. The third-order valence-electron chi connectivity index (χ3n) is 13.5. The Hall–Kier alpha value is -7.16. The van der Waals surface area contributed by atoms with Crippen LogP contribution in [0.15, 0.2) is 174 Å². The molecule has 8 aromatic carbocycles. The first-order valence-electron chi connectivity index (χ1n) is 23.5. The number of imidazole rings is 1. The fourth-order valence-corrected chi connectivity index (χ4v) is 9.71. The number of pyridine rings is 1. The molecular weight excluding hydrogens is 1010 g/mol. The third-order valence-corrected chi connectivity index (χ3v) is 13.5. The van der Waals surface area contributed by atoms with Gasteiger partial charge in [0.25, 0.3) is 0 Å². The Morgan fingerprint density at radius 3 is 2.04 bits per heavy atom. The van der Waals surface area contributed by atoms with Gasteiger partial charge in [-0.05, 0) is 116 Å². The molecule has 3 aromatic heterocycles. The zero-order chi connectivity index (χ0) is 46.2. The van der Waals surface area contributed by atoms with Gasteiger partial charge in [-0.25, -0.2) is 0 Å². The van der Waals surface area contributed by atoms with Crippen molar-refractivity contribution in [1.29, 1.82) is 5.26 Å². The summed E-state index contributed by atoms with van der Waals surface area (Å²) in [6, 6.07) is 66.4. The molecule has 6 heteroatoms. The summed E-state index contributed by atoms with van der Waals surface area (Å²) in [5.41, 5.74) is 13.3. The Balaban J connectivity index is 0.000000244. The van der Waals surface area contributed by atoms with E-state index in [1.165, 1.54) is 49.5 Å². The molecule has 0 fully saturated rings. The van der Waals surface area contributed by atoms with Crippen LogP contribution in [0.4, 0.5) is 0 Å². The first kappa shape index (κ1) is 46.0. The third kappa shape index (κ3) is 8.21. The van der Waals surface area contributed by atoms with Crippen LogP contribution < -0.4 is 0 Å². The van der Waals surface area contributed by atoms with Crippen molar-refractivity contribution >= 4 is 54.5 Å². The quantitative estimate of drug-likeness (QED) is 0.107. The van der Waals surface area contributed by atoms with Gasteiger partial charge >= 0.3 is 0 Å². The van der Waals surface area contributed by atoms with E-state index in [-0.39, 0.29) is 31.9 Å². The van der Waals surface area contributed by atoms with Crippen molar-refractivity contribution in [1.82, 2.24) is 14.5 Å². The Labute approximate surface area is 412 Å². The smallest absolute Gasteiger partial charge is 0.121 e. The molecule has 0 saturated carbocycles. The average Bonchev–Trinajstić information content (AvgIpc) is 3.95. The van der Waals surface area contributed by atoms with E-state index in [0.717, 1.165) is 74.0 Å². The van der Waals surface area contributed by atoms with Crippen LogP contribution in [0.2, 0.25) is 0 Å². The minimum absolute atomic E-state index is 0. The van der Waals surface area contributed by atoms with Gasteiger partial charge in [0, 0.05) is 37.4 Å². The molecule has 11 aromatic rings. The predicted octanol–water partition coefficient (Wildman–Crippen LogP) is 16.7. The van der Waals surface area contributed by atoms with Crippen LogP contribution in [0.5, 0.6) is 0 Å². The minimum atomic E-state index is -0.411. The van der Waals surface area contributed by atoms with Crippen LogP contribution in [0.1, 0.15) is 82.9 Å². The first-order valence-corrected chi connectivity index (χ1v) is 23.5. The predicted molar refractivity (Wildman–Crippen MR) is 278 cm³/mol. The molecule has 0 aliphatic heterocycles. The maximum absolute atomic E-state index is 9.43. The molecule has 0 amide bonds. The van der Waals surface area contributed by atoms with Gasteiger partial charge in [-0.1, -0.05) is 143 Å². The average molecular weight is 1060 g/mol. The van der Waals surface area contributed by atoms with Crippen molar-refractivity contribution in [3.8, 4) is 45.5 Å². The molecule has 337 valence electrons. The van der Waals surface area contributed by atoms with Crippen LogP contribution >= 0.6 is 0 Å². The van der Waals surface area contributed by atoms with Gasteiger partial charge < -0.3 is 14.0 Å². The summed E-state index contributed by atoms with van der Waals surface area (Å²) in [7, 11) is 0. The number of hydrogen-bond donors (Lipinski definition) is 0. The molecule has 0 aliphatic rings. The van der Waals surface area contributed by atoms with Gasteiger partial charge in [-0.15, -0.1) is 54.1 Å². The number of nitriles is 1. The van der Waals surface area contributed by atoms with Crippen molar-refractivity contribution < 1.29 is 24.5 Å². The zero-order valence-electron chi connectivity index (χ0n) is 39.3. The standard InChI is InChI=1S/C45H35N2O.C17H17N2.Ir/c1-27(2)36-24-32(29-13-6-5-7-14-29)25-37(28(3)4)43(36)47-41-20-11-10-19-40(41)46-45(47)35-18-12-17-34-39-23-31-22-21-30-15-8-9-16-33(30)38(31)26-42(39)48-44(34)35;1-3-17(4-2,13-18)15-10-11-16(19-12-15)14-8-6-5-7-9-14;/h5-17,19-28H,1-4H3;5-8,10-12H,3-4H2,1-2H3;/q2*-1;. The molecule has 5 nitrogen and oxygen atoms in total. The van der Waals surface area contributed by atoms with Crippen molar-refractivity contribution in [3.63, 3.8) is 0 Å². The van der Waals surface area contributed by atoms with E-state index in [1.54, 1.807) is 0 Å².